The van der Waals surface area contributed by atoms with Gasteiger partial charge in [0.2, 0.25) is 12.5 Å². The maximum absolute atomic E-state index is 13.0. The van der Waals surface area contributed by atoms with E-state index in [4.69, 9.17) is 15.3 Å². The Hall–Kier alpha value is -3.91. The van der Waals surface area contributed by atoms with E-state index < -0.39 is 47.2 Å². The number of rotatable bonds is 10. The molecule has 3 heterocycles. The highest BCUT2D eigenvalue weighted by atomic mass is 32.2. The molecule has 2 aliphatic rings. The van der Waals surface area contributed by atoms with E-state index in [9.17, 15) is 24.3 Å². The molecular formula is C23H23N5O7S2. The second kappa shape index (κ2) is 11.0. The van der Waals surface area contributed by atoms with Gasteiger partial charge in [-0.15, -0.1) is 29.7 Å². The van der Waals surface area contributed by atoms with Crippen molar-refractivity contribution in [3.63, 3.8) is 0 Å². The second-order valence-corrected chi connectivity index (χ2v) is 10.2. The Morgan fingerprint density at radius 3 is 2.76 bits per heavy atom. The van der Waals surface area contributed by atoms with Crippen molar-refractivity contribution >= 4 is 57.7 Å². The van der Waals surface area contributed by atoms with Crippen molar-refractivity contribution in [1.29, 1.82) is 0 Å². The van der Waals surface area contributed by atoms with E-state index in [-0.39, 0.29) is 35.4 Å². The SMILES string of the molecule is C=CC1(C(=O)O)CS[C@@H]2C(NC(=O)C(=NOCC(=O)OCc3ccccc3)c3csc(N)n3)C(=O)N2C1. The molecule has 3 atom stereocenters. The number of carboxylic acid groups (broad SMARTS) is 1. The molecule has 0 bridgehead atoms. The molecule has 1 aromatic carbocycles. The van der Waals surface area contributed by atoms with E-state index in [1.807, 2.05) is 18.2 Å². The van der Waals surface area contributed by atoms with E-state index in [1.165, 1.54) is 28.1 Å². The number of nitrogens with zero attached hydrogens (tertiary/aromatic N) is 3. The number of carboxylic acids is 1. The van der Waals surface area contributed by atoms with Gasteiger partial charge >= 0.3 is 11.9 Å². The fourth-order valence-corrected chi connectivity index (χ4v) is 5.76. The van der Waals surface area contributed by atoms with Crippen LogP contribution in [0.2, 0.25) is 0 Å². The first-order valence-electron chi connectivity index (χ1n) is 10.9. The van der Waals surface area contributed by atoms with Crippen molar-refractivity contribution in [2.45, 2.75) is 18.0 Å². The number of aliphatic carboxylic acids is 1. The molecular weight excluding hydrogens is 522 g/mol. The number of thiazole rings is 1. The summed E-state index contributed by atoms with van der Waals surface area (Å²) < 4.78 is 5.12. The zero-order valence-corrected chi connectivity index (χ0v) is 21.0. The number of oxime groups is 1. The van der Waals surface area contributed by atoms with Crippen LogP contribution in [-0.2, 0) is 35.4 Å². The average Bonchev–Trinajstić information content (AvgIpc) is 3.33. The van der Waals surface area contributed by atoms with Gasteiger partial charge in [-0.05, 0) is 5.56 Å². The van der Waals surface area contributed by atoms with Crippen LogP contribution in [0.3, 0.4) is 0 Å². The molecule has 0 aliphatic carbocycles. The van der Waals surface area contributed by atoms with Crippen molar-refractivity contribution < 1.29 is 33.9 Å². The van der Waals surface area contributed by atoms with Crippen molar-refractivity contribution in [3.05, 3.63) is 59.6 Å². The predicted molar refractivity (Wildman–Crippen MR) is 135 cm³/mol. The third-order valence-electron chi connectivity index (χ3n) is 5.77. The van der Waals surface area contributed by atoms with Crippen LogP contribution < -0.4 is 11.1 Å². The Balaban J connectivity index is 1.38. The second-order valence-electron chi connectivity index (χ2n) is 8.21. The number of carbonyl (C=O) groups is 4. The quantitative estimate of drug-likeness (QED) is 0.128. The molecule has 4 N–H and O–H groups in total. The molecule has 1 aromatic heterocycles. The fourth-order valence-electron chi connectivity index (χ4n) is 3.67. The van der Waals surface area contributed by atoms with Crippen LogP contribution >= 0.6 is 23.1 Å². The Morgan fingerprint density at radius 1 is 1.35 bits per heavy atom. The van der Waals surface area contributed by atoms with Gasteiger partial charge in [0.25, 0.3) is 5.91 Å². The first kappa shape index (κ1) is 26.2. The molecule has 2 amide bonds. The van der Waals surface area contributed by atoms with E-state index in [0.29, 0.717) is 0 Å². The van der Waals surface area contributed by atoms with Gasteiger partial charge in [0.05, 0.1) is 0 Å². The van der Waals surface area contributed by atoms with Crippen molar-refractivity contribution in [2.75, 3.05) is 24.6 Å². The summed E-state index contributed by atoms with van der Waals surface area (Å²) in [5, 5.41) is 17.2. The number of amides is 2. The minimum absolute atomic E-state index is 0.0352. The first-order valence-corrected chi connectivity index (χ1v) is 12.9. The summed E-state index contributed by atoms with van der Waals surface area (Å²) in [6.07, 6.45) is 1.33. The number of β-lactam (4-membered cyclic amide) rings is 1. The number of benzene rings is 1. The Morgan fingerprint density at radius 2 is 2.11 bits per heavy atom. The van der Waals surface area contributed by atoms with Gasteiger partial charge in [-0.2, -0.15) is 0 Å². The lowest BCUT2D eigenvalue weighted by molar-refractivity contribution is -0.156. The fraction of sp³-hybridized carbons (Fsp3) is 0.304. The third kappa shape index (κ3) is 5.59. The lowest BCUT2D eigenvalue weighted by Gasteiger charge is -2.53. The summed E-state index contributed by atoms with van der Waals surface area (Å²) in [7, 11) is 0. The molecule has 37 heavy (non-hydrogen) atoms. The highest BCUT2D eigenvalue weighted by Crippen LogP contribution is 2.42. The maximum Gasteiger partial charge on any atom is 0.347 e. The van der Waals surface area contributed by atoms with Gasteiger partial charge < -0.3 is 30.6 Å². The summed E-state index contributed by atoms with van der Waals surface area (Å²) in [6, 6.07) is 8.17. The van der Waals surface area contributed by atoms with Crippen molar-refractivity contribution in [1.82, 2.24) is 15.2 Å². The van der Waals surface area contributed by atoms with E-state index in [1.54, 1.807) is 12.1 Å². The molecule has 0 radical (unpaired) electrons. The zero-order chi connectivity index (χ0) is 26.6. The van der Waals surface area contributed by atoms with Crippen LogP contribution in [0.1, 0.15) is 11.3 Å². The van der Waals surface area contributed by atoms with Crippen LogP contribution in [0.15, 0.2) is 53.5 Å². The molecule has 4 rings (SSSR count). The van der Waals surface area contributed by atoms with Gasteiger partial charge in [0.1, 0.15) is 29.1 Å². The topological polar surface area (TPSA) is 174 Å². The number of anilines is 1. The number of nitrogens with one attached hydrogen (secondary N) is 1. The lowest BCUT2D eigenvalue weighted by Crippen LogP contribution is -2.73. The van der Waals surface area contributed by atoms with Crippen molar-refractivity contribution in [2.24, 2.45) is 10.6 Å². The number of nitrogens with two attached hydrogens (primary N) is 1. The molecule has 14 heteroatoms. The predicted octanol–water partition coefficient (Wildman–Crippen LogP) is 0.846. The Labute approximate surface area is 219 Å². The van der Waals surface area contributed by atoms with Crippen LogP contribution in [0.4, 0.5) is 5.13 Å². The number of esters is 1. The van der Waals surface area contributed by atoms with Gasteiger partial charge in [0, 0.05) is 17.7 Å². The third-order valence-corrected chi connectivity index (χ3v) is 7.99. The van der Waals surface area contributed by atoms with Gasteiger partial charge in [-0.3, -0.25) is 14.4 Å². The highest BCUT2D eigenvalue weighted by molar-refractivity contribution is 8.00. The molecule has 0 spiro atoms. The van der Waals surface area contributed by atoms with Crippen LogP contribution in [-0.4, -0.2) is 74.8 Å². The number of hydrogen-bond acceptors (Lipinski definition) is 11. The normalized spacial score (nSPS) is 22.9. The van der Waals surface area contributed by atoms with Crippen LogP contribution in [0, 0.1) is 5.41 Å². The van der Waals surface area contributed by atoms with Crippen LogP contribution in [0.25, 0.3) is 0 Å². The molecule has 2 fully saturated rings. The van der Waals surface area contributed by atoms with E-state index in [2.05, 4.69) is 22.0 Å². The summed E-state index contributed by atoms with van der Waals surface area (Å²) in [5.41, 5.74) is 5.06. The molecule has 2 saturated heterocycles. The molecule has 2 aromatic rings. The summed E-state index contributed by atoms with van der Waals surface area (Å²) in [5.74, 6) is -2.76. The zero-order valence-electron chi connectivity index (χ0n) is 19.4. The molecule has 2 unspecified atom stereocenters. The molecule has 2 aliphatic heterocycles. The summed E-state index contributed by atoms with van der Waals surface area (Å²) in [6.45, 7) is 3.06. The number of nitrogen functional groups attached to an aromatic ring is 1. The molecule has 194 valence electrons. The number of thioether (sulfide) groups is 1. The van der Waals surface area contributed by atoms with E-state index in [0.717, 1.165) is 16.9 Å². The van der Waals surface area contributed by atoms with Gasteiger partial charge in [-0.1, -0.05) is 41.6 Å². The van der Waals surface area contributed by atoms with Gasteiger partial charge in [-0.25, -0.2) is 9.78 Å². The molecule has 12 nitrogen and oxygen atoms in total. The van der Waals surface area contributed by atoms with Crippen molar-refractivity contribution in [3.8, 4) is 0 Å². The minimum Gasteiger partial charge on any atom is -0.481 e. The summed E-state index contributed by atoms with van der Waals surface area (Å²) >= 11 is 2.31. The Bertz CT molecular complexity index is 1250. The van der Waals surface area contributed by atoms with Crippen LogP contribution in [0.5, 0.6) is 0 Å². The average molecular weight is 546 g/mol. The number of aromatic nitrogens is 1. The van der Waals surface area contributed by atoms with Gasteiger partial charge in [0.15, 0.2) is 10.8 Å². The Kier molecular flexibility index (Phi) is 7.78. The maximum atomic E-state index is 13.0. The largest absolute Gasteiger partial charge is 0.481 e. The standard InChI is InChI=1S/C23H23N5O7S2/c1-2-23(21(32)33)11-28-19(31)17(20(28)37-12-23)26-18(30)16(14-10-36-22(24)25-14)27-35-9-15(29)34-8-13-6-4-3-5-7-13/h2-7,10,17,20H,1,8-9,11-12H2,(H2,24,25)(H,26,30)(H,32,33)/t17?,20-,23?/m1/s1. The number of ether oxygens (including phenoxy) is 1. The minimum atomic E-state index is -1.25. The lowest BCUT2D eigenvalue weighted by atomic mass is 9.87. The number of fused-ring (bicyclic) bond motifs is 1. The summed E-state index contributed by atoms with van der Waals surface area (Å²) in [4.78, 5) is 60.0. The highest BCUT2D eigenvalue weighted by Gasteiger charge is 2.56. The molecule has 0 saturated carbocycles. The first-order chi connectivity index (χ1) is 17.7. The number of carbonyl (C=O) groups excluding carboxylic acids is 3. The smallest absolute Gasteiger partial charge is 0.347 e. The number of hydrogen-bond donors (Lipinski definition) is 3. The monoisotopic (exact) mass is 545 g/mol. The van der Waals surface area contributed by atoms with E-state index >= 15 is 0 Å².